The highest BCUT2D eigenvalue weighted by Gasteiger charge is 2.37. The molecule has 0 aromatic carbocycles. The van der Waals surface area contributed by atoms with Crippen LogP contribution in [0.1, 0.15) is 29.4 Å². The third-order valence-electron chi connectivity index (χ3n) is 5.01. The van der Waals surface area contributed by atoms with Crippen molar-refractivity contribution in [3.05, 3.63) is 65.0 Å². The molecule has 4 heterocycles. The van der Waals surface area contributed by atoms with Gasteiger partial charge in [-0.3, -0.25) is 19.3 Å². The smallest absolute Gasteiger partial charge is 0.329 e. The van der Waals surface area contributed by atoms with E-state index in [1.807, 2.05) is 6.92 Å². The summed E-state index contributed by atoms with van der Waals surface area (Å²) in [5.74, 6) is -0.574. The SMILES string of the molecule is C=C(N=CCC)C1=CCN(C(=O)c2nc3c(C(F)(F)F)cc(-c4cn[nH]c4)cn3c2Cl)C1. The summed E-state index contributed by atoms with van der Waals surface area (Å²) in [5.41, 5.74) is 0.274. The number of halogens is 4. The second-order valence-corrected chi connectivity index (χ2v) is 7.51. The summed E-state index contributed by atoms with van der Waals surface area (Å²) in [7, 11) is 0. The van der Waals surface area contributed by atoms with Gasteiger partial charge in [0.2, 0.25) is 0 Å². The summed E-state index contributed by atoms with van der Waals surface area (Å²) in [6, 6.07) is 0.961. The second-order valence-electron chi connectivity index (χ2n) is 7.15. The van der Waals surface area contributed by atoms with Gasteiger partial charge in [0.05, 0.1) is 17.5 Å². The summed E-state index contributed by atoms with van der Waals surface area (Å²) in [5, 5.41) is 6.14. The third kappa shape index (κ3) is 3.93. The summed E-state index contributed by atoms with van der Waals surface area (Å²) in [4.78, 5) is 22.7. The van der Waals surface area contributed by atoms with Gasteiger partial charge in [-0.15, -0.1) is 0 Å². The van der Waals surface area contributed by atoms with Crippen LogP contribution in [0, 0.1) is 0 Å². The molecule has 0 unspecified atom stereocenters. The van der Waals surface area contributed by atoms with E-state index in [4.69, 9.17) is 11.6 Å². The average Bonchev–Trinajstić information content (AvgIpc) is 3.50. The summed E-state index contributed by atoms with van der Waals surface area (Å²) in [6.45, 7) is 6.29. The van der Waals surface area contributed by atoms with Crippen LogP contribution in [0.5, 0.6) is 0 Å². The molecule has 1 aliphatic rings. The van der Waals surface area contributed by atoms with Gasteiger partial charge in [0, 0.05) is 42.8 Å². The van der Waals surface area contributed by atoms with Gasteiger partial charge in [-0.2, -0.15) is 18.3 Å². The van der Waals surface area contributed by atoms with Crippen LogP contribution in [0.15, 0.2) is 53.6 Å². The Morgan fingerprint density at radius 1 is 1.41 bits per heavy atom. The molecule has 0 bridgehead atoms. The van der Waals surface area contributed by atoms with Crippen LogP contribution >= 0.6 is 11.6 Å². The fraction of sp³-hybridized carbons (Fsp3) is 0.238. The number of carbonyl (C=O) groups is 1. The van der Waals surface area contributed by atoms with E-state index in [2.05, 4.69) is 26.8 Å². The molecule has 3 aromatic heterocycles. The van der Waals surface area contributed by atoms with Gasteiger partial charge in [0.15, 0.2) is 11.3 Å². The molecule has 7 nitrogen and oxygen atoms in total. The Morgan fingerprint density at radius 2 is 2.19 bits per heavy atom. The van der Waals surface area contributed by atoms with E-state index < -0.39 is 23.3 Å². The first-order chi connectivity index (χ1) is 15.2. The zero-order chi connectivity index (χ0) is 23.0. The zero-order valence-electron chi connectivity index (χ0n) is 16.9. The molecule has 0 saturated heterocycles. The molecule has 0 radical (unpaired) electrons. The topological polar surface area (TPSA) is 78.7 Å². The lowest BCUT2D eigenvalue weighted by Crippen LogP contribution is -2.29. The minimum Gasteiger partial charge on any atom is -0.329 e. The summed E-state index contributed by atoms with van der Waals surface area (Å²) >= 11 is 6.36. The Kier molecular flexibility index (Phi) is 5.64. The molecule has 0 aliphatic carbocycles. The maximum Gasteiger partial charge on any atom is 0.420 e. The monoisotopic (exact) mass is 462 g/mol. The fourth-order valence-corrected chi connectivity index (χ4v) is 3.63. The van der Waals surface area contributed by atoms with Gasteiger partial charge in [-0.25, -0.2) is 4.98 Å². The van der Waals surface area contributed by atoms with E-state index in [1.165, 1.54) is 23.5 Å². The van der Waals surface area contributed by atoms with Crippen LogP contribution in [0.2, 0.25) is 5.15 Å². The number of pyridine rings is 1. The van der Waals surface area contributed by atoms with Crippen molar-refractivity contribution >= 4 is 29.4 Å². The molecule has 166 valence electrons. The molecule has 1 amide bonds. The number of alkyl halides is 3. The van der Waals surface area contributed by atoms with Crippen molar-refractivity contribution < 1.29 is 18.0 Å². The molecule has 3 aromatic rings. The number of hydrogen-bond acceptors (Lipinski definition) is 4. The van der Waals surface area contributed by atoms with Gasteiger partial charge >= 0.3 is 6.18 Å². The first-order valence-electron chi connectivity index (χ1n) is 9.68. The van der Waals surface area contributed by atoms with E-state index in [9.17, 15) is 18.0 Å². The number of H-pyrrole nitrogens is 1. The van der Waals surface area contributed by atoms with Crippen LogP contribution in [-0.4, -0.2) is 49.7 Å². The number of hydrogen-bond donors (Lipinski definition) is 1. The first-order valence-corrected chi connectivity index (χ1v) is 10.1. The molecule has 1 aliphatic heterocycles. The first kappa shape index (κ1) is 21.8. The number of aliphatic imine (C=N–C) groups is 1. The number of nitrogens with zero attached hydrogens (tertiary/aromatic N) is 5. The van der Waals surface area contributed by atoms with Crippen molar-refractivity contribution in [3.63, 3.8) is 0 Å². The van der Waals surface area contributed by atoms with Crippen molar-refractivity contribution in [2.75, 3.05) is 13.1 Å². The Hall–Kier alpha value is -3.40. The lowest BCUT2D eigenvalue weighted by Gasteiger charge is -2.15. The highest BCUT2D eigenvalue weighted by Crippen LogP contribution is 2.37. The highest BCUT2D eigenvalue weighted by molar-refractivity contribution is 6.33. The standard InChI is InChI=1S/C21H18ClF3N6O/c1-3-5-26-12(2)13-4-6-30(10-13)20(32)17-18(22)31-11-14(15-8-27-28-9-15)7-16(19(31)29-17)21(23,24)25/h4-5,7-9,11H,2-3,6,10H2,1H3,(H,27,28). The largest absolute Gasteiger partial charge is 0.420 e. The number of imidazole rings is 1. The second kappa shape index (κ2) is 8.27. The van der Waals surface area contributed by atoms with E-state index in [1.54, 1.807) is 12.3 Å². The number of carbonyl (C=O) groups excluding carboxylic acids is 1. The Balaban J connectivity index is 1.72. The van der Waals surface area contributed by atoms with E-state index in [0.717, 1.165) is 22.5 Å². The lowest BCUT2D eigenvalue weighted by molar-refractivity contribution is -0.136. The van der Waals surface area contributed by atoms with E-state index in [0.29, 0.717) is 11.3 Å². The minimum atomic E-state index is -4.70. The predicted octanol–water partition coefficient (Wildman–Crippen LogP) is 4.77. The van der Waals surface area contributed by atoms with Crippen LogP contribution in [0.4, 0.5) is 13.2 Å². The van der Waals surface area contributed by atoms with Gasteiger partial charge < -0.3 is 4.90 Å². The molecule has 4 rings (SSSR count). The van der Waals surface area contributed by atoms with Gasteiger partial charge in [-0.05, 0) is 18.1 Å². The molecular formula is C21H18ClF3N6O. The highest BCUT2D eigenvalue weighted by atomic mass is 35.5. The van der Waals surface area contributed by atoms with Gasteiger partial charge in [0.1, 0.15) is 5.15 Å². The minimum absolute atomic E-state index is 0.197. The molecule has 0 fully saturated rings. The quantitative estimate of drug-likeness (QED) is 0.554. The van der Waals surface area contributed by atoms with Crippen molar-refractivity contribution in [3.8, 4) is 11.1 Å². The van der Waals surface area contributed by atoms with Gasteiger partial charge in [-0.1, -0.05) is 31.2 Å². The average molecular weight is 463 g/mol. The number of nitrogens with one attached hydrogen (secondary N) is 1. The number of aromatic amines is 1. The van der Waals surface area contributed by atoms with E-state index in [-0.39, 0.29) is 29.5 Å². The van der Waals surface area contributed by atoms with Crippen LogP contribution in [0.3, 0.4) is 0 Å². The Bertz CT molecular complexity index is 1260. The molecule has 0 spiro atoms. The maximum atomic E-state index is 13.8. The lowest BCUT2D eigenvalue weighted by atomic mass is 10.1. The van der Waals surface area contributed by atoms with Crippen molar-refractivity contribution in [1.29, 1.82) is 0 Å². The normalized spacial score (nSPS) is 14.5. The molecule has 0 saturated carbocycles. The number of amides is 1. The maximum absolute atomic E-state index is 13.8. The Labute approximate surface area is 185 Å². The molecule has 11 heteroatoms. The van der Waals surface area contributed by atoms with Crippen molar-refractivity contribution in [1.82, 2.24) is 24.5 Å². The molecule has 32 heavy (non-hydrogen) atoms. The summed E-state index contributed by atoms with van der Waals surface area (Å²) < 4.78 is 42.4. The Morgan fingerprint density at radius 3 is 2.84 bits per heavy atom. The predicted molar refractivity (Wildman–Crippen MR) is 115 cm³/mol. The van der Waals surface area contributed by atoms with Gasteiger partial charge in [0.25, 0.3) is 5.91 Å². The molecule has 0 atom stereocenters. The van der Waals surface area contributed by atoms with Crippen LogP contribution < -0.4 is 0 Å². The number of rotatable bonds is 5. The fourth-order valence-electron chi connectivity index (χ4n) is 3.38. The third-order valence-corrected chi connectivity index (χ3v) is 5.37. The summed E-state index contributed by atoms with van der Waals surface area (Å²) in [6.07, 6.45) is 3.81. The molecular weight excluding hydrogens is 445 g/mol. The number of fused-ring (bicyclic) bond motifs is 1. The van der Waals surface area contributed by atoms with E-state index >= 15 is 0 Å². The van der Waals surface area contributed by atoms with Crippen LogP contribution in [0.25, 0.3) is 16.8 Å². The zero-order valence-corrected chi connectivity index (χ0v) is 17.7. The van der Waals surface area contributed by atoms with Crippen molar-refractivity contribution in [2.24, 2.45) is 4.99 Å². The van der Waals surface area contributed by atoms with Crippen molar-refractivity contribution in [2.45, 2.75) is 19.5 Å². The molecule has 1 N–H and O–H groups in total. The van der Waals surface area contributed by atoms with Crippen LogP contribution in [-0.2, 0) is 6.18 Å². The number of aromatic nitrogens is 4.